The summed E-state index contributed by atoms with van der Waals surface area (Å²) in [6.45, 7) is 1.67. The van der Waals surface area contributed by atoms with Crippen LogP contribution in [0.25, 0.3) is 25.8 Å². The van der Waals surface area contributed by atoms with Gasteiger partial charge in [0.25, 0.3) is 5.91 Å². The summed E-state index contributed by atoms with van der Waals surface area (Å²) in [6.07, 6.45) is 0. The third-order valence-electron chi connectivity index (χ3n) is 4.39. The number of amides is 1. The molecular weight excluding hydrogens is 423 g/mol. The van der Waals surface area contributed by atoms with Crippen molar-refractivity contribution < 1.29 is 9.18 Å². The fourth-order valence-corrected chi connectivity index (χ4v) is 4.87. The van der Waals surface area contributed by atoms with E-state index in [2.05, 4.69) is 25.8 Å². The maximum Gasteiger partial charge on any atom is 0.265 e. The Kier molecular flexibility index (Phi) is 4.57. The zero-order valence-electron chi connectivity index (χ0n) is 15.5. The number of aryl methyl sites for hydroxylation is 1. The van der Waals surface area contributed by atoms with Crippen molar-refractivity contribution in [1.82, 2.24) is 25.2 Å². The number of hydrogen-bond acceptors (Lipinski definition) is 7. The highest BCUT2D eigenvalue weighted by molar-refractivity contribution is 7.26. The van der Waals surface area contributed by atoms with E-state index in [1.54, 1.807) is 24.3 Å². The lowest BCUT2D eigenvalue weighted by molar-refractivity contribution is 0.103. The molecule has 0 aliphatic carbocycles. The molecule has 2 aromatic carbocycles. The standard InChI is InChI=1S/C20H13FN6OS2/c1-11-24-25-26-27(11)15-10-12(6-7-13(15)21)22-19(28)17-8-9-18(29-17)20-23-14-4-2-3-5-16(14)30-20/h2-10H,1H3,(H,22,28). The number of nitrogens with one attached hydrogen (secondary N) is 1. The number of para-hydroxylation sites is 1. The predicted molar refractivity (Wildman–Crippen MR) is 115 cm³/mol. The van der Waals surface area contributed by atoms with Gasteiger partial charge in [0.05, 0.1) is 20.0 Å². The minimum atomic E-state index is -0.488. The molecule has 0 atom stereocenters. The number of benzene rings is 2. The van der Waals surface area contributed by atoms with Crippen LogP contribution in [-0.2, 0) is 0 Å². The van der Waals surface area contributed by atoms with Crippen LogP contribution in [0.2, 0.25) is 0 Å². The van der Waals surface area contributed by atoms with Gasteiger partial charge in [0, 0.05) is 5.69 Å². The van der Waals surface area contributed by atoms with Crippen LogP contribution >= 0.6 is 22.7 Å². The number of thiophene rings is 1. The molecule has 7 nitrogen and oxygen atoms in total. The number of tetrazole rings is 1. The number of halogens is 1. The van der Waals surface area contributed by atoms with Gasteiger partial charge in [0.15, 0.2) is 5.82 Å². The van der Waals surface area contributed by atoms with Crippen LogP contribution in [0.5, 0.6) is 0 Å². The summed E-state index contributed by atoms with van der Waals surface area (Å²) in [7, 11) is 0. The molecule has 30 heavy (non-hydrogen) atoms. The minimum absolute atomic E-state index is 0.164. The summed E-state index contributed by atoms with van der Waals surface area (Å²) in [5, 5.41) is 14.8. The predicted octanol–water partition coefficient (Wildman–Crippen LogP) is 4.70. The number of anilines is 1. The van der Waals surface area contributed by atoms with Gasteiger partial charge < -0.3 is 5.32 Å². The van der Waals surface area contributed by atoms with E-state index in [9.17, 15) is 9.18 Å². The molecule has 0 radical (unpaired) electrons. The zero-order valence-corrected chi connectivity index (χ0v) is 17.2. The van der Waals surface area contributed by atoms with Gasteiger partial charge in [-0.25, -0.2) is 9.37 Å². The monoisotopic (exact) mass is 436 g/mol. The van der Waals surface area contributed by atoms with E-state index in [0.29, 0.717) is 16.4 Å². The molecule has 148 valence electrons. The van der Waals surface area contributed by atoms with Gasteiger partial charge in [0.2, 0.25) is 0 Å². The normalized spacial score (nSPS) is 11.1. The van der Waals surface area contributed by atoms with E-state index in [4.69, 9.17) is 0 Å². The number of carbonyl (C=O) groups excluding carboxylic acids is 1. The van der Waals surface area contributed by atoms with Gasteiger partial charge in [-0.15, -0.1) is 27.8 Å². The van der Waals surface area contributed by atoms with Crippen molar-refractivity contribution >= 4 is 44.5 Å². The van der Waals surface area contributed by atoms with Gasteiger partial charge in [-0.3, -0.25) is 4.79 Å². The summed E-state index contributed by atoms with van der Waals surface area (Å²) in [5.41, 5.74) is 1.55. The van der Waals surface area contributed by atoms with E-state index < -0.39 is 5.82 Å². The highest BCUT2D eigenvalue weighted by Gasteiger charge is 2.15. The van der Waals surface area contributed by atoms with Crippen LogP contribution in [0.4, 0.5) is 10.1 Å². The first-order valence-electron chi connectivity index (χ1n) is 8.90. The van der Waals surface area contributed by atoms with Crippen molar-refractivity contribution in [3.05, 3.63) is 71.1 Å². The molecule has 0 aliphatic rings. The maximum absolute atomic E-state index is 14.2. The molecule has 0 bridgehead atoms. The van der Waals surface area contributed by atoms with Crippen molar-refractivity contribution in [3.8, 4) is 15.6 Å². The molecule has 0 fully saturated rings. The minimum Gasteiger partial charge on any atom is -0.321 e. The van der Waals surface area contributed by atoms with E-state index in [1.165, 1.54) is 34.2 Å². The zero-order chi connectivity index (χ0) is 20.7. The summed E-state index contributed by atoms with van der Waals surface area (Å²) in [5.74, 6) is -0.327. The molecule has 0 unspecified atom stereocenters. The Bertz CT molecular complexity index is 1360. The Balaban J connectivity index is 1.39. The summed E-state index contributed by atoms with van der Waals surface area (Å²) in [6, 6.07) is 15.8. The van der Waals surface area contributed by atoms with Crippen LogP contribution in [0, 0.1) is 12.7 Å². The lowest BCUT2D eigenvalue weighted by Gasteiger charge is -2.08. The number of aromatic nitrogens is 5. The van der Waals surface area contributed by atoms with Crippen LogP contribution < -0.4 is 5.32 Å². The van der Waals surface area contributed by atoms with Gasteiger partial charge in [0.1, 0.15) is 16.5 Å². The van der Waals surface area contributed by atoms with E-state index in [0.717, 1.165) is 20.1 Å². The molecular formula is C20H13FN6OS2. The number of carbonyl (C=O) groups is 1. The first-order valence-corrected chi connectivity index (χ1v) is 10.5. The molecule has 0 aliphatic heterocycles. The average Bonchev–Trinajstić information content (AvgIpc) is 3.48. The highest BCUT2D eigenvalue weighted by atomic mass is 32.1. The third-order valence-corrected chi connectivity index (χ3v) is 6.68. The molecule has 3 aromatic heterocycles. The topological polar surface area (TPSA) is 85.6 Å². The van der Waals surface area contributed by atoms with E-state index in [-0.39, 0.29) is 11.6 Å². The molecule has 1 N–H and O–H groups in total. The lowest BCUT2D eigenvalue weighted by atomic mass is 10.2. The molecule has 0 saturated heterocycles. The molecule has 10 heteroatoms. The largest absolute Gasteiger partial charge is 0.321 e. The second kappa shape index (κ2) is 7.39. The first-order chi connectivity index (χ1) is 14.6. The molecule has 3 heterocycles. The van der Waals surface area contributed by atoms with Crippen LogP contribution in [0.3, 0.4) is 0 Å². The van der Waals surface area contributed by atoms with Crippen LogP contribution in [-0.4, -0.2) is 31.1 Å². The van der Waals surface area contributed by atoms with Gasteiger partial charge in [-0.2, -0.15) is 4.68 Å². The van der Waals surface area contributed by atoms with Crippen molar-refractivity contribution in [2.45, 2.75) is 6.92 Å². The molecule has 0 saturated carbocycles. The van der Waals surface area contributed by atoms with Crippen molar-refractivity contribution in [2.24, 2.45) is 0 Å². The SMILES string of the molecule is Cc1nnnn1-c1cc(NC(=O)c2ccc(-c3nc4ccccc4s3)s2)ccc1F. The van der Waals surface area contributed by atoms with E-state index in [1.807, 2.05) is 30.3 Å². The Labute approximate surface area is 177 Å². The van der Waals surface area contributed by atoms with Crippen LogP contribution in [0.15, 0.2) is 54.6 Å². The van der Waals surface area contributed by atoms with Crippen molar-refractivity contribution in [1.29, 1.82) is 0 Å². The maximum atomic E-state index is 14.2. The second-order valence-electron chi connectivity index (χ2n) is 6.41. The number of fused-ring (bicyclic) bond motifs is 1. The van der Waals surface area contributed by atoms with Gasteiger partial charge in [-0.1, -0.05) is 12.1 Å². The second-order valence-corrected chi connectivity index (χ2v) is 8.52. The summed E-state index contributed by atoms with van der Waals surface area (Å²) >= 11 is 2.95. The summed E-state index contributed by atoms with van der Waals surface area (Å²) < 4.78 is 16.6. The third kappa shape index (κ3) is 3.36. The quantitative estimate of drug-likeness (QED) is 0.441. The highest BCUT2D eigenvalue weighted by Crippen LogP contribution is 2.34. The molecule has 1 amide bonds. The Morgan fingerprint density at radius 3 is 2.77 bits per heavy atom. The van der Waals surface area contributed by atoms with Crippen molar-refractivity contribution in [2.75, 3.05) is 5.32 Å². The van der Waals surface area contributed by atoms with Gasteiger partial charge in [-0.05, 0) is 59.8 Å². The summed E-state index contributed by atoms with van der Waals surface area (Å²) in [4.78, 5) is 18.8. The number of rotatable bonds is 4. The van der Waals surface area contributed by atoms with Gasteiger partial charge >= 0.3 is 0 Å². The fraction of sp³-hybridized carbons (Fsp3) is 0.0500. The lowest BCUT2D eigenvalue weighted by Crippen LogP contribution is -2.11. The Morgan fingerprint density at radius 1 is 1.10 bits per heavy atom. The number of hydrogen-bond donors (Lipinski definition) is 1. The van der Waals surface area contributed by atoms with Crippen molar-refractivity contribution in [3.63, 3.8) is 0 Å². The molecule has 5 rings (SSSR count). The molecule has 5 aromatic rings. The van der Waals surface area contributed by atoms with E-state index >= 15 is 0 Å². The Hall–Kier alpha value is -3.50. The fourth-order valence-electron chi connectivity index (χ4n) is 2.95. The average molecular weight is 436 g/mol. The smallest absolute Gasteiger partial charge is 0.265 e. The number of thiazole rings is 1. The van der Waals surface area contributed by atoms with Crippen LogP contribution in [0.1, 0.15) is 15.5 Å². The number of nitrogens with zero attached hydrogens (tertiary/aromatic N) is 5. The Morgan fingerprint density at radius 2 is 1.97 bits per heavy atom. The molecule has 0 spiro atoms. The first kappa shape index (κ1) is 18.5.